The van der Waals surface area contributed by atoms with Gasteiger partial charge in [0, 0.05) is 6.42 Å². The highest BCUT2D eigenvalue weighted by Gasteiger charge is 2.45. The Bertz CT molecular complexity index is 382. The molecule has 2 rings (SSSR count). The van der Waals surface area contributed by atoms with Crippen molar-refractivity contribution >= 4 is 5.97 Å². The third-order valence-corrected chi connectivity index (χ3v) is 4.92. The van der Waals surface area contributed by atoms with E-state index in [2.05, 4.69) is 20.8 Å². The molecule has 4 heteroatoms. The lowest BCUT2D eigenvalue weighted by molar-refractivity contribution is -0.150. The van der Waals surface area contributed by atoms with Gasteiger partial charge < -0.3 is 15.2 Å². The number of rotatable bonds is 4. The lowest BCUT2D eigenvalue weighted by atomic mass is 9.71. The van der Waals surface area contributed by atoms with Gasteiger partial charge in [-0.1, -0.05) is 20.8 Å². The first kappa shape index (κ1) is 16.8. The fraction of sp³-hybridized carbons (Fsp3) is 0.941. The van der Waals surface area contributed by atoms with Crippen molar-refractivity contribution in [2.75, 3.05) is 6.61 Å². The molecule has 21 heavy (non-hydrogen) atoms. The minimum absolute atomic E-state index is 0.102. The van der Waals surface area contributed by atoms with Crippen molar-refractivity contribution in [2.24, 2.45) is 17.1 Å². The zero-order valence-electron chi connectivity index (χ0n) is 14.0. The van der Waals surface area contributed by atoms with Crippen molar-refractivity contribution in [1.82, 2.24) is 0 Å². The van der Waals surface area contributed by atoms with Crippen LogP contribution in [0.4, 0.5) is 0 Å². The summed E-state index contributed by atoms with van der Waals surface area (Å²) in [6, 6.07) is 0. The SMILES string of the molecule is CCOC(=O)C1(N)CCC(OC2CC(C)CC(C)(C)C2)C1. The predicted molar refractivity (Wildman–Crippen MR) is 82.9 cm³/mol. The highest BCUT2D eigenvalue weighted by atomic mass is 16.5. The van der Waals surface area contributed by atoms with Crippen LogP contribution in [0.25, 0.3) is 0 Å². The second-order valence-electron chi connectivity index (χ2n) is 7.91. The monoisotopic (exact) mass is 297 g/mol. The summed E-state index contributed by atoms with van der Waals surface area (Å²) in [7, 11) is 0. The molecule has 0 aromatic heterocycles. The summed E-state index contributed by atoms with van der Waals surface area (Å²) in [5.74, 6) is 0.432. The third-order valence-electron chi connectivity index (χ3n) is 4.92. The first-order valence-corrected chi connectivity index (χ1v) is 8.36. The molecule has 0 aromatic rings. The summed E-state index contributed by atoms with van der Waals surface area (Å²) < 4.78 is 11.4. The molecule has 0 aliphatic heterocycles. The average Bonchev–Trinajstić information content (AvgIpc) is 2.70. The van der Waals surface area contributed by atoms with Gasteiger partial charge in [0.25, 0.3) is 0 Å². The Kier molecular flexibility index (Phi) is 4.99. The summed E-state index contributed by atoms with van der Waals surface area (Å²) in [5, 5.41) is 0. The largest absolute Gasteiger partial charge is 0.465 e. The second kappa shape index (κ2) is 6.25. The van der Waals surface area contributed by atoms with Crippen molar-refractivity contribution in [3.63, 3.8) is 0 Å². The number of hydrogen-bond acceptors (Lipinski definition) is 4. The smallest absolute Gasteiger partial charge is 0.326 e. The maximum absolute atomic E-state index is 12.0. The Hall–Kier alpha value is -0.610. The molecular formula is C17H31NO3. The summed E-state index contributed by atoms with van der Waals surface area (Å²) >= 11 is 0. The summed E-state index contributed by atoms with van der Waals surface area (Å²) in [5.41, 5.74) is 5.72. The fourth-order valence-corrected chi connectivity index (χ4v) is 4.24. The molecule has 0 saturated heterocycles. The van der Waals surface area contributed by atoms with E-state index >= 15 is 0 Å². The van der Waals surface area contributed by atoms with Crippen molar-refractivity contribution in [2.45, 2.75) is 84.0 Å². The van der Waals surface area contributed by atoms with Crippen LogP contribution >= 0.6 is 0 Å². The van der Waals surface area contributed by atoms with Crippen LogP contribution in [-0.4, -0.2) is 30.3 Å². The molecule has 0 spiro atoms. The lowest BCUT2D eigenvalue weighted by Crippen LogP contribution is -2.47. The normalized spacial score (nSPS) is 39.2. The maximum Gasteiger partial charge on any atom is 0.326 e. The van der Waals surface area contributed by atoms with Gasteiger partial charge in [0.05, 0.1) is 18.8 Å². The van der Waals surface area contributed by atoms with E-state index in [1.807, 2.05) is 6.92 Å². The molecule has 2 fully saturated rings. The Morgan fingerprint density at radius 3 is 2.57 bits per heavy atom. The Morgan fingerprint density at radius 2 is 1.95 bits per heavy atom. The molecular weight excluding hydrogens is 266 g/mol. The van der Waals surface area contributed by atoms with E-state index in [1.165, 1.54) is 6.42 Å². The van der Waals surface area contributed by atoms with E-state index in [4.69, 9.17) is 15.2 Å². The van der Waals surface area contributed by atoms with Crippen LogP contribution in [0.2, 0.25) is 0 Å². The van der Waals surface area contributed by atoms with Crippen LogP contribution in [0.15, 0.2) is 0 Å². The fourth-order valence-electron chi connectivity index (χ4n) is 4.24. The van der Waals surface area contributed by atoms with Gasteiger partial charge in [0.1, 0.15) is 5.54 Å². The molecule has 0 amide bonds. The standard InChI is InChI=1S/C17H31NO3/c1-5-20-15(19)17(18)7-6-13(11-17)21-14-8-12(2)9-16(3,4)10-14/h12-14H,5-11,18H2,1-4H3. The number of carbonyl (C=O) groups excluding carboxylic acids is 1. The molecule has 0 heterocycles. The molecule has 2 saturated carbocycles. The Morgan fingerprint density at radius 1 is 1.24 bits per heavy atom. The quantitative estimate of drug-likeness (QED) is 0.810. The summed E-state index contributed by atoms with van der Waals surface area (Å²) in [6.45, 7) is 9.14. The lowest BCUT2D eigenvalue weighted by Gasteiger charge is -2.39. The summed E-state index contributed by atoms with van der Waals surface area (Å²) in [6.07, 6.45) is 6.02. The van der Waals surface area contributed by atoms with Crippen LogP contribution < -0.4 is 5.73 Å². The minimum atomic E-state index is -0.837. The van der Waals surface area contributed by atoms with Crippen LogP contribution in [-0.2, 0) is 14.3 Å². The van der Waals surface area contributed by atoms with Gasteiger partial charge in [-0.15, -0.1) is 0 Å². The van der Waals surface area contributed by atoms with Crippen LogP contribution in [0, 0.1) is 11.3 Å². The third kappa shape index (κ3) is 4.19. The van der Waals surface area contributed by atoms with Gasteiger partial charge >= 0.3 is 5.97 Å². The number of esters is 1. The van der Waals surface area contributed by atoms with Crippen LogP contribution in [0.1, 0.15) is 66.2 Å². The molecule has 122 valence electrons. The van der Waals surface area contributed by atoms with E-state index in [9.17, 15) is 4.79 Å². The van der Waals surface area contributed by atoms with Gasteiger partial charge in [0.2, 0.25) is 0 Å². The zero-order chi connectivity index (χ0) is 15.7. The van der Waals surface area contributed by atoms with E-state index in [0.29, 0.717) is 36.9 Å². The molecule has 0 bridgehead atoms. The molecule has 2 aliphatic carbocycles. The van der Waals surface area contributed by atoms with Gasteiger partial charge in [-0.3, -0.25) is 4.79 Å². The van der Waals surface area contributed by atoms with E-state index in [0.717, 1.165) is 19.3 Å². The average molecular weight is 297 g/mol. The van der Waals surface area contributed by atoms with Crippen molar-refractivity contribution in [1.29, 1.82) is 0 Å². The van der Waals surface area contributed by atoms with Crippen LogP contribution in [0.3, 0.4) is 0 Å². The van der Waals surface area contributed by atoms with E-state index < -0.39 is 5.54 Å². The second-order valence-corrected chi connectivity index (χ2v) is 7.91. The van der Waals surface area contributed by atoms with Crippen molar-refractivity contribution < 1.29 is 14.3 Å². The Labute approximate surface area is 128 Å². The van der Waals surface area contributed by atoms with Crippen molar-refractivity contribution in [3.05, 3.63) is 0 Å². The number of ether oxygens (including phenoxy) is 2. The Balaban J connectivity index is 1.89. The number of carbonyl (C=O) groups is 1. The topological polar surface area (TPSA) is 61.5 Å². The first-order chi connectivity index (χ1) is 9.74. The van der Waals surface area contributed by atoms with E-state index in [1.54, 1.807) is 0 Å². The van der Waals surface area contributed by atoms with Gasteiger partial charge in [0.15, 0.2) is 0 Å². The predicted octanol–water partition coefficient (Wildman–Crippen LogP) is 3.03. The van der Waals surface area contributed by atoms with Gasteiger partial charge in [-0.05, 0) is 50.4 Å². The van der Waals surface area contributed by atoms with Gasteiger partial charge in [-0.25, -0.2) is 0 Å². The molecule has 0 radical (unpaired) electrons. The minimum Gasteiger partial charge on any atom is -0.465 e. The maximum atomic E-state index is 12.0. The molecule has 4 atom stereocenters. The van der Waals surface area contributed by atoms with Crippen molar-refractivity contribution in [3.8, 4) is 0 Å². The highest BCUT2D eigenvalue weighted by Crippen LogP contribution is 2.41. The first-order valence-electron chi connectivity index (χ1n) is 8.36. The number of hydrogen-bond donors (Lipinski definition) is 1. The summed E-state index contributed by atoms with van der Waals surface area (Å²) in [4.78, 5) is 12.0. The molecule has 2 N–H and O–H groups in total. The highest BCUT2D eigenvalue weighted by molar-refractivity contribution is 5.81. The molecule has 2 aliphatic rings. The van der Waals surface area contributed by atoms with Gasteiger partial charge in [-0.2, -0.15) is 0 Å². The molecule has 0 aromatic carbocycles. The van der Waals surface area contributed by atoms with E-state index in [-0.39, 0.29) is 12.1 Å². The number of nitrogens with two attached hydrogens (primary N) is 1. The van der Waals surface area contributed by atoms with Crippen LogP contribution in [0.5, 0.6) is 0 Å². The molecule has 4 nitrogen and oxygen atoms in total. The zero-order valence-corrected chi connectivity index (χ0v) is 14.0. The molecule has 4 unspecified atom stereocenters.